The normalized spacial score (nSPS) is 11.2. The lowest BCUT2D eigenvalue weighted by molar-refractivity contribution is 0.496. The molecular weight excluding hydrogens is 297 g/mol. The SMILES string of the molecule is Fc1cc(F)c(-c2nc(Cl)c3sccc3n2)cc1F. The van der Waals surface area contributed by atoms with Gasteiger partial charge in [0.15, 0.2) is 22.6 Å². The first kappa shape index (κ1) is 12.4. The molecule has 2 nitrogen and oxygen atoms in total. The summed E-state index contributed by atoms with van der Waals surface area (Å²) in [6.07, 6.45) is 0. The van der Waals surface area contributed by atoms with Gasteiger partial charge in [-0.1, -0.05) is 11.6 Å². The van der Waals surface area contributed by atoms with E-state index >= 15 is 0 Å². The predicted octanol–water partition coefficient (Wildman–Crippen LogP) is 4.43. The van der Waals surface area contributed by atoms with Crippen LogP contribution in [0.3, 0.4) is 0 Å². The topological polar surface area (TPSA) is 25.8 Å². The number of fused-ring (bicyclic) bond motifs is 1. The quantitative estimate of drug-likeness (QED) is 0.491. The van der Waals surface area contributed by atoms with Gasteiger partial charge < -0.3 is 0 Å². The van der Waals surface area contributed by atoms with Crippen molar-refractivity contribution in [1.29, 1.82) is 0 Å². The summed E-state index contributed by atoms with van der Waals surface area (Å²) in [5, 5.41) is 1.91. The highest BCUT2D eigenvalue weighted by molar-refractivity contribution is 7.17. The summed E-state index contributed by atoms with van der Waals surface area (Å²) in [5.41, 5.74) is 0.304. The molecule has 2 heterocycles. The smallest absolute Gasteiger partial charge is 0.164 e. The highest BCUT2D eigenvalue weighted by Gasteiger charge is 2.16. The summed E-state index contributed by atoms with van der Waals surface area (Å²) in [7, 11) is 0. The van der Waals surface area contributed by atoms with E-state index in [9.17, 15) is 13.2 Å². The Morgan fingerprint density at radius 2 is 1.74 bits per heavy atom. The van der Waals surface area contributed by atoms with Crippen LogP contribution < -0.4 is 0 Å². The molecule has 0 aliphatic rings. The van der Waals surface area contributed by atoms with Crippen LogP contribution in [0.1, 0.15) is 0 Å². The Labute approximate surface area is 114 Å². The van der Waals surface area contributed by atoms with Crippen molar-refractivity contribution in [2.24, 2.45) is 0 Å². The summed E-state index contributed by atoms with van der Waals surface area (Å²) in [6, 6.07) is 2.86. The van der Waals surface area contributed by atoms with Crippen LogP contribution in [-0.4, -0.2) is 9.97 Å². The molecule has 0 saturated carbocycles. The second-order valence-electron chi connectivity index (χ2n) is 3.72. The van der Waals surface area contributed by atoms with Crippen molar-refractivity contribution < 1.29 is 13.2 Å². The molecule has 1 aromatic carbocycles. The maximum atomic E-state index is 13.6. The van der Waals surface area contributed by atoms with Gasteiger partial charge in [0.05, 0.1) is 15.8 Å². The fraction of sp³-hybridized carbons (Fsp3) is 0. The van der Waals surface area contributed by atoms with Gasteiger partial charge in [-0.3, -0.25) is 0 Å². The third-order valence-corrected chi connectivity index (χ3v) is 3.81. The van der Waals surface area contributed by atoms with Gasteiger partial charge in [-0.25, -0.2) is 23.1 Å². The molecule has 0 aliphatic carbocycles. The predicted molar refractivity (Wildman–Crippen MR) is 67.7 cm³/mol. The van der Waals surface area contributed by atoms with Crippen LogP contribution in [0.25, 0.3) is 21.6 Å². The van der Waals surface area contributed by atoms with Crippen LogP contribution in [0.15, 0.2) is 23.6 Å². The highest BCUT2D eigenvalue weighted by Crippen LogP contribution is 2.30. The molecule has 0 unspecified atom stereocenters. The van der Waals surface area contributed by atoms with Gasteiger partial charge in [-0.15, -0.1) is 11.3 Å². The zero-order valence-electron chi connectivity index (χ0n) is 9.12. The van der Waals surface area contributed by atoms with E-state index in [2.05, 4.69) is 9.97 Å². The first-order valence-corrected chi connectivity index (χ1v) is 6.37. The van der Waals surface area contributed by atoms with E-state index in [4.69, 9.17) is 11.6 Å². The molecule has 0 aliphatic heterocycles. The molecule has 3 aromatic rings. The summed E-state index contributed by atoms with van der Waals surface area (Å²) < 4.78 is 40.4. The van der Waals surface area contributed by atoms with Crippen LogP contribution in [-0.2, 0) is 0 Å². The first-order chi connectivity index (χ1) is 9.06. The van der Waals surface area contributed by atoms with Gasteiger partial charge >= 0.3 is 0 Å². The third-order valence-electron chi connectivity index (χ3n) is 2.51. The van der Waals surface area contributed by atoms with Crippen molar-refractivity contribution >= 4 is 33.2 Å². The molecule has 19 heavy (non-hydrogen) atoms. The molecule has 0 saturated heterocycles. The Hall–Kier alpha value is -1.66. The van der Waals surface area contributed by atoms with Gasteiger partial charge in [-0.05, 0) is 17.5 Å². The zero-order valence-corrected chi connectivity index (χ0v) is 10.7. The van der Waals surface area contributed by atoms with Gasteiger partial charge in [-0.2, -0.15) is 0 Å². The third kappa shape index (κ3) is 2.06. The molecule has 0 atom stereocenters. The summed E-state index contributed by atoms with van der Waals surface area (Å²) in [6.45, 7) is 0. The number of hydrogen-bond acceptors (Lipinski definition) is 3. The molecule has 0 radical (unpaired) electrons. The van der Waals surface area contributed by atoms with Crippen molar-refractivity contribution in [1.82, 2.24) is 9.97 Å². The molecule has 0 bridgehead atoms. The lowest BCUT2D eigenvalue weighted by Crippen LogP contribution is -1.96. The Morgan fingerprint density at radius 1 is 1.00 bits per heavy atom. The Kier molecular flexibility index (Phi) is 2.91. The molecule has 0 spiro atoms. The molecule has 3 rings (SSSR count). The minimum absolute atomic E-state index is 0.0766. The summed E-state index contributed by atoms with van der Waals surface area (Å²) >= 11 is 7.29. The highest BCUT2D eigenvalue weighted by atomic mass is 35.5. The second-order valence-corrected chi connectivity index (χ2v) is 4.99. The average Bonchev–Trinajstić information content (AvgIpc) is 2.82. The van der Waals surface area contributed by atoms with Crippen molar-refractivity contribution in [2.75, 3.05) is 0 Å². The molecular formula is C12H4ClF3N2S. The molecule has 0 N–H and O–H groups in total. The number of aromatic nitrogens is 2. The van der Waals surface area contributed by atoms with Gasteiger partial charge in [0.25, 0.3) is 0 Å². The molecule has 0 fully saturated rings. The lowest BCUT2D eigenvalue weighted by atomic mass is 10.2. The first-order valence-electron chi connectivity index (χ1n) is 5.12. The number of benzene rings is 1. The van der Waals surface area contributed by atoms with E-state index in [0.717, 1.165) is 0 Å². The van der Waals surface area contributed by atoms with Crippen molar-refractivity contribution in [3.8, 4) is 11.4 Å². The lowest BCUT2D eigenvalue weighted by Gasteiger charge is -2.04. The van der Waals surface area contributed by atoms with Crippen molar-refractivity contribution in [3.63, 3.8) is 0 Å². The Bertz CT molecular complexity index is 788. The minimum atomic E-state index is -1.26. The van der Waals surface area contributed by atoms with Gasteiger partial charge in [0, 0.05) is 6.07 Å². The largest absolute Gasteiger partial charge is 0.227 e. The van der Waals surface area contributed by atoms with E-state index in [1.165, 1.54) is 11.3 Å². The maximum absolute atomic E-state index is 13.6. The van der Waals surface area contributed by atoms with Crippen molar-refractivity contribution in [3.05, 3.63) is 46.2 Å². The van der Waals surface area contributed by atoms with E-state index in [-0.39, 0.29) is 16.5 Å². The fourth-order valence-corrected chi connectivity index (χ4v) is 2.66. The number of hydrogen-bond donors (Lipinski definition) is 0. The van der Waals surface area contributed by atoms with E-state index in [0.29, 0.717) is 22.3 Å². The minimum Gasteiger partial charge on any atom is -0.227 e. The average molecular weight is 301 g/mol. The maximum Gasteiger partial charge on any atom is 0.164 e. The number of halogens is 4. The number of nitrogens with zero attached hydrogens (tertiary/aromatic N) is 2. The summed E-state index contributed by atoms with van der Waals surface area (Å²) in [4.78, 5) is 7.99. The Morgan fingerprint density at radius 3 is 2.53 bits per heavy atom. The summed E-state index contributed by atoms with van der Waals surface area (Å²) in [5.74, 6) is -3.44. The van der Waals surface area contributed by atoms with Gasteiger partial charge in [0.2, 0.25) is 0 Å². The van der Waals surface area contributed by atoms with Crippen molar-refractivity contribution in [2.45, 2.75) is 0 Å². The molecule has 0 amide bonds. The van der Waals surface area contributed by atoms with Crippen LogP contribution in [0.5, 0.6) is 0 Å². The van der Waals surface area contributed by atoms with E-state index in [1.54, 1.807) is 11.4 Å². The van der Waals surface area contributed by atoms with Crippen LogP contribution in [0.4, 0.5) is 13.2 Å². The Balaban J connectivity index is 2.27. The monoisotopic (exact) mass is 300 g/mol. The second kappa shape index (κ2) is 4.47. The fourth-order valence-electron chi connectivity index (χ4n) is 1.64. The number of rotatable bonds is 1. The van der Waals surface area contributed by atoms with E-state index in [1.807, 2.05) is 0 Å². The molecule has 7 heteroatoms. The molecule has 2 aromatic heterocycles. The zero-order chi connectivity index (χ0) is 13.6. The molecule has 96 valence electrons. The number of thiophene rings is 1. The van der Waals surface area contributed by atoms with Crippen LogP contribution >= 0.6 is 22.9 Å². The van der Waals surface area contributed by atoms with Gasteiger partial charge in [0.1, 0.15) is 5.82 Å². The van der Waals surface area contributed by atoms with Crippen LogP contribution in [0.2, 0.25) is 5.15 Å². The van der Waals surface area contributed by atoms with E-state index < -0.39 is 17.5 Å². The van der Waals surface area contributed by atoms with Crippen LogP contribution in [0, 0.1) is 17.5 Å². The standard InChI is InChI=1S/C12H4ClF3N2S/c13-11-10-9(1-2-19-10)17-12(18-11)5-3-7(15)8(16)4-6(5)14/h1-4H.